The molecular weight excluding hydrogens is 98.1 g/mol. The molecule has 0 saturated heterocycles. The van der Waals surface area contributed by atoms with Gasteiger partial charge in [-0.1, -0.05) is 9.05 Å². The molecule has 5 heteroatoms. The van der Waals surface area contributed by atoms with E-state index in [1.54, 1.807) is 0 Å². The van der Waals surface area contributed by atoms with Crippen molar-refractivity contribution < 1.29 is 19.7 Å². The van der Waals surface area contributed by atoms with Crippen LogP contribution in [0.4, 0.5) is 9.05 Å². The summed E-state index contributed by atoms with van der Waals surface area (Å²) < 4.78 is 17.0. The van der Waals surface area contributed by atoms with Crippen LogP contribution in [0.1, 0.15) is 0 Å². The predicted molar refractivity (Wildman–Crippen MR) is 18.0 cm³/mol. The maximum Gasteiger partial charge on any atom is -0.0149 e. The van der Waals surface area contributed by atoms with Crippen LogP contribution in [0.3, 0.4) is 0 Å². The van der Waals surface area contributed by atoms with Crippen LogP contribution in [0.2, 0.25) is 0 Å². The molecule has 0 spiro atoms. The average Bonchev–Trinajstić information content (AvgIpc) is 1.50. The standard InChI is InChI=1S/2FHO.H4Si/c2*1-2;/h2*2H;1H4. The smallest absolute Gasteiger partial charge is 0.0149 e. The van der Waals surface area contributed by atoms with E-state index < -0.39 is 0 Å². The van der Waals surface area contributed by atoms with Gasteiger partial charge in [-0.2, -0.15) is 0 Å². The maximum absolute atomic E-state index is 8.50. The topological polar surface area (TPSA) is 40.5 Å². The lowest BCUT2D eigenvalue weighted by Gasteiger charge is -1.13. The van der Waals surface area contributed by atoms with Gasteiger partial charge in [0.2, 0.25) is 0 Å². The Bertz CT molecular complexity index is 7.61. The van der Waals surface area contributed by atoms with Crippen molar-refractivity contribution in [1.82, 2.24) is 0 Å². The molecule has 0 aliphatic rings. The van der Waals surface area contributed by atoms with Crippen molar-refractivity contribution in [1.29, 1.82) is 0 Å². The van der Waals surface area contributed by atoms with E-state index in [9.17, 15) is 0 Å². The third kappa shape index (κ3) is 1640000. The Balaban J connectivity index is -0.0000000133. The fourth-order valence-corrected chi connectivity index (χ4v) is 0. The Hall–Kier alpha value is -0.00312. The van der Waals surface area contributed by atoms with Crippen molar-refractivity contribution in [2.24, 2.45) is 0 Å². The van der Waals surface area contributed by atoms with Crippen LogP contribution in [-0.2, 0) is 0 Å². The number of hydrogen-bond donors (Lipinski definition) is 2. The van der Waals surface area contributed by atoms with E-state index in [4.69, 9.17) is 19.7 Å². The fraction of sp³-hybridized carbons (Fsp3) is 0. The first-order valence-corrected chi connectivity index (χ1v) is 0.338. The molecule has 0 aromatic rings. The number of rotatable bonds is 0. The molecule has 36 valence electrons. The lowest BCUT2D eigenvalue weighted by molar-refractivity contribution is -0.0442. The van der Waals surface area contributed by atoms with Crippen molar-refractivity contribution >= 4 is 11.0 Å². The lowest BCUT2D eigenvalue weighted by atomic mass is 15.7. The minimum Gasteiger partial charge on any atom is -0.209 e. The fourth-order valence-electron chi connectivity index (χ4n) is 0. The van der Waals surface area contributed by atoms with Gasteiger partial charge in [0.25, 0.3) is 0 Å². The van der Waals surface area contributed by atoms with Gasteiger partial charge in [-0.15, -0.1) is 0 Å². The van der Waals surface area contributed by atoms with Crippen molar-refractivity contribution in [3.8, 4) is 0 Å². The van der Waals surface area contributed by atoms with Crippen LogP contribution >= 0.6 is 0 Å². The minimum atomic E-state index is 0. The Labute approximate surface area is 31.9 Å². The molecule has 0 saturated carbocycles. The molecule has 5 heavy (non-hydrogen) atoms. The highest BCUT2D eigenvalue weighted by molar-refractivity contribution is 5.75. The summed E-state index contributed by atoms with van der Waals surface area (Å²) in [6.45, 7) is 0. The van der Waals surface area contributed by atoms with E-state index in [0.29, 0.717) is 0 Å². The van der Waals surface area contributed by atoms with Crippen molar-refractivity contribution in [2.75, 3.05) is 0 Å². The van der Waals surface area contributed by atoms with E-state index in [2.05, 4.69) is 0 Å². The Morgan fingerprint density at radius 1 is 0.800 bits per heavy atom. The molecule has 2 nitrogen and oxygen atoms in total. The molecule has 0 aliphatic carbocycles. The Morgan fingerprint density at radius 2 is 0.800 bits per heavy atom. The van der Waals surface area contributed by atoms with E-state index in [1.165, 1.54) is 0 Å². The molecule has 0 radical (unpaired) electrons. The van der Waals surface area contributed by atoms with Gasteiger partial charge in [-0.3, -0.25) is 0 Å². The second-order valence-corrected chi connectivity index (χ2v) is 0. The van der Waals surface area contributed by atoms with Crippen LogP contribution in [0.15, 0.2) is 0 Å². The molecule has 0 heterocycles. The van der Waals surface area contributed by atoms with E-state index >= 15 is 0 Å². The summed E-state index contributed by atoms with van der Waals surface area (Å²) in [7, 11) is 0. The first kappa shape index (κ1) is 20.0. The van der Waals surface area contributed by atoms with Crippen molar-refractivity contribution in [3.63, 3.8) is 0 Å². The number of hydrogen-bond acceptors (Lipinski definition) is 2. The zero-order valence-corrected chi connectivity index (χ0v) is 1.65. The molecule has 0 aromatic heterocycles. The monoisotopic (exact) mass is 104 g/mol. The van der Waals surface area contributed by atoms with E-state index in [-0.39, 0.29) is 11.0 Å². The van der Waals surface area contributed by atoms with Gasteiger partial charge in [-0.25, -0.2) is 10.6 Å². The molecule has 0 fully saturated rings. The Kier molecular flexibility index (Phi) is 14800000. The van der Waals surface area contributed by atoms with Gasteiger partial charge in [-0.05, 0) is 11.0 Å². The second kappa shape index (κ2) is 3700000. The molecule has 0 amide bonds. The highest BCUT2D eigenvalue weighted by Crippen LogP contribution is 1.13. The third-order valence-electron chi connectivity index (χ3n) is 0. The first-order chi connectivity index (χ1) is 2.00. The van der Waals surface area contributed by atoms with Gasteiger partial charge in [0.05, 0.1) is 0 Å². The van der Waals surface area contributed by atoms with Gasteiger partial charge < -0.3 is 0 Å². The molecule has 0 rings (SSSR count). The molecule has 2 N–H and O–H groups in total. The summed E-state index contributed by atoms with van der Waals surface area (Å²) in [6.07, 6.45) is 0. The van der Waals surface area contributed by atoms with Gasteiger partial charge in [0.1, 0.15) is 0 Å². The van der Waals surface area contributed by atoms with Crippen LogP contribution in [0.5, 0.6) is 0 Å². The largest absolute Gasteiger partial charge is 0.209 e. The maximum atomic E-state index is 8.50. The molecule has 0 aromatic carbocycles. The van der Waals surface area contributed by atoms with Crippen LogP contribution in [0, 0.1) is 0 Å². The molecule has 0 bridgehead atoms. The zero-order valence-electron chi connectivity index (χ0n) is 1.65. The summed E-state index contributed by atoms with van der Waals surface area (Å²) in [5, 5.41) is 11.0. The summed E-state index contributed by atoms with van der Waals surface area (Å²) in [4.78, 5) is 0. The first-order valence-electron chi connectivity index (χ1n) is 0.338. The normalized spacial score (nSPS) is 2.40. The highest BCUT2D eigenvalue weighted by atomic mass is 28.1. The SMILES string of the molecule is OF.OF.[SiH4]. The van der Waals surface area contributed by atoms with Gasteiger partial charge in [0, 0.05) is 0 Å². The number of halogens is 2. The molecule has 0 aliphatic heterocycles. The van der Waals surface area contributed by atoms with Crippen molar-refractivity contribution in [2.45, 2.75) is 0 Å². The summed E-state index contributed by atoms with van der Waals surface area (Å²) in [5.74, 6) is 0. The summed E-state index contributed by atoms with van der Waals surface area (Å²) >= 11 is 0. The molecule has 0 unspecified atom stereocenters. The van der Waals surface area contributed by atoms with E-state index in [1.807, 2.05) is 0 Å². The lowest BCUT2D eigenvalue weighted by Crippen LogP contribution is -0.996. The minimum absolute atomic E-state index is 0. The van der Waals surface area contributed by atoms with E-state index in [0.717, 1.165) is 0 Å². The molecule has 0 atom stereocenters. The summed E-state index contributed by atoms with van der Waals surface area (Å²) in [6, 6.07) is 0. The predicted octanol–water partition coefficient (Wildman–Crippen LogP) is -1.73. The summed E-state index contributed by atoms with van der Waals surface area (Å²) in [5.41, 5.74) is 0. The van der Waals surface area contributed by atoms with Gasteiger partial charge in [0.15, 0.2) is 0 Å². The molecular formula is H6F2O2Si. The van der Waals surface area contributed by atoms with Crippen LogP contribution in [-0.4, -0.2) is 21.6 Å². The van der Waals surface area contributed by atoms with Crippen LogP contribution < -0.4 is 0 Å². The van der Waals surface area contributed by atoms with Crippen LogP contribution in [0.25, 0.3) is 0 Å². The Morgan fingerprint density at radius 3 is 0.800 bits per heavy atom. The third-order valence-corrected chi connectivity index (χ3v) is 0. The highest BCUT2D eigenvalue weighted by Gasteiger charge is 0.875. The zero-order chi connectivity index (χ0) is 4.00. The second-order valence-electron chi connectivity index (χ2n) is 0. The quantitative estimate of drug-likeness (QED) is 0.359. The van der Waals surface area contributed by atoms with Crippen molar-refractivity contribution in [3.05, 3.63) is 0 Å². The average molecular weight is 104 g/mol. The van der Waals surface area contributed by atoms with Gasteiger partial charge >= 0.3 is 0 Å².